The molecule has 2 aromatic heterocycles. The van der Waals surface area contributed by atoms with Gasteiger partial charge in [-0.1, -0.05) is 23.7 Å². The Bertz CT molecular complexity index is 959. The number of halogens is 1. The average molecular weight is 434 g/mol. The minimum Gasteiger partial charge on any atom is -0.340 e. The number of carbonyl (C=O) groups is 2. The van der Waals surface area contributed by atoms with E-state index in [1.54, 1.807) is 23.5 Å². The van der Waals surface area contributed by atoms with Crippen molar-refractivity contribution in [2.24, 2.45) is 0 Å². The molecule has 3 aromatic rings. The zero-order chi connectivity index (χ0) is 19.5. The number of para-hydroxylation sites is 1. The van der Waals surface area contributed by atoms with Crippen LogP contribution in [-0.4, -0.2) is 52.7 Å². The first-order valence-corrected chi connectivity index (χ1v) is 11.2. The van der Waals surface area contributed by atoms with Crippen molar-refractivity contribution >= 4 is 56.2 Å². The van der Waals surface area contributed by atoms with E-state index in [2.05, 4.69) is 11.0 Å². The van der Waals surface area contributed by atoms with Crippen LogP contribution in [0.25, 0.3) is 10.2 Å². The summed E-state index contributed by atoms with van der Waals surface area (Å²) in [7, 11) is 0. The van der Waals surface area contributed by atoms with E-state index in [4.69, 9.17) is 16.6 Å². The molecule has 0 bridgehead atoms. The monoisotopic (exact) mass is 433 g/mol. The number of aromatic nitrogens is 1. The molecule has 0 spiro atoms. The van der Waals surface area contributed by atoms with E-state index in [1.807, 2.05) is 23.1 Å². The SMILES string of the molecule is O=C(CCC(=O)N1CCN(Cc2nc3ccccc3s2)CC1)c1ccc(Cl)s1. The normalized spacial score (nSPS) is 15.2. The first kappa shape index (κ1) is 19.5. The van der Waals surface area contributed by atoms with Gasteiger partial charge < -0.3 is 4.90 Å². The highest BCUT2D eigenvalue weighted by Gasteiger charge is 2.22. The number of rotatable bonds is 6. The summed E-state index contributed by atoms with van der Waals surface area (Å²) in [5.41, 5.74) is 1.05. The van der Waals surface area contributed by atoms with Crippen LogP contribution in [0.4, 0.5) is 0 Å². The summed E-state index contributed by atoms with van der Waals surface area (Å²) in [6.45, 7) is 3.87. The fraction of sp³-hybridized carbons (Fsp3) is 0.350. The molecule has 5 nitrogen and oxygen atoms in total. The molecule has 0 saturated carbocycles. The summed E-state index contributed by atoms with van der Waals surface area (Å²) in [5.74, 6) is 0.0374. The van der Waals surface area contributed by atoms with Gasteiger partial charge in [0.1, 0.15) is 5.01 Å². The molecule has 1 aromatic carbocycles. The number of hydrogen-bond acceptors (Lipinski definition) is 6. The number of amides is 1. The second kappa shape index (κ2) is 8.69. The largest absolute Gasteiger partial charge is 0.340 e. The number of thiazole rings is 1. The van der Waals surface area contributed by atoms with Gasteiger partial charge >= 0.3 is 0 Å². The maximum atomic E-state index is 12.4. The van der Waals surface area contributed by atoms with Gasteiger partial charge in [0.2, 0.25) is 5.91 Å². The second-order valence-electron chi connectivity index (χ2n) is 6.76. The molecule has 28 heavy (non-hydrogen) atoms. The number of carbonyl (C=O) groups excluding carboxylic acids is 2. The van der Waals surface area contributed by atoms with Crippen molar-refractivity contribution in [1.29, 1.82) is 0 Å². The number of thiophene rings is 1. The number of ketones is 1. The number of piperazine rings is 1. The van der Waals surface area contributed by atoms with Gasteiger partial charge in [0.25, 0.3) is 0 Å². The van der Waals surface area contributed by atoms with Crippen molar-refractivity contribution in [2.45, 2.75) is 19.4 Å². The number of benzene rings is 1. The maximum absolute atomic E-state index is 12.4. The first-order valence-electron chi connectivity index (χ1n) is 9.21. The molecule has 0 radical (unpaired) electrons. The molecule has 1 amide bonds. The highest BCUT2D eigenvalue weighted by atomic mass is 35.5. The predicted molar refractivity (Wildman–Crippen MR) is 114 cm³/mol. The van der Waals surface area contributed by atoms with Crippen LogP contribution in [-0.2, 0) is 11.3 Å². The molecule has 146 valence electrons. The van der Waals surface area contributed by atoms with Crippen molar-refractivity contribution < 1.29 is 9.59 Å². The molecule has 0 atom stereocenters. The van der Waals surface area contributed by atoms with Crippen molar-refractivity contribution in [2.75, 3.05) is 26.2 Å². The third kappa shape index (κ3) is 4.60. The Morgan fingerprint density at radius 2 is 1.79 bits per heavy atom. The topological polar surface area (TPSA) is 53.5 Å². The molecule has 1 aliphatic heterocycles. The Balaban J connectivity index is 1.24. The average Bonchev–Trinajstić information content (AvgIpc) is 3.32. The van der Waals surface area contributed by atoms with Crippen molar-refractivity contribution in [3.63, 3.8) is 0 Å². The number of hydrogen-bond donors (Lipinski definition) is 0. The number of nitrogens with zero attached hydrogens (tertiary/aromatic N) is 3. The Labute approximate surface area is 176 Å². The van der Waals surface area contributed by atoms with E-state index < -0.39 is 0 Å². The van der Waals surface area contributed by atoms with E-state index in [1.165, 1.54) is 16.0 Å². The zero-order valence-electron chi connectivity index (χ0n) is 15.3. The highest BCUT2D eigenvalue weighted by molar-refractivity contribution is 7.18. The van der Waals surface area contributed by atoms with Crippen LogP contribution in [0.1, 0.15) is 27.5 Å². The standard InChI is InChI=1S/C20H20ClN3O2S2/c21-18-7-6-17(27-18)15(25)5-8-20(26)24-11-9-23(10-12-24)13-19-22-14-3-1-2-4-16(14)28-19/h1-4,6-7H,5,8-13H2. The molecule has 3 heterocycles. The number of Topliss-reactive ketones (excluding diaryl/α,β-unsaturated/α-hetero) is 1. The van der Waals surface area contributed by atoms with E-state index >= 15 is 0 Å². The lowest BCUT2D eigenvalue weighted by Crippen LogP contribution is -2.48. The Morgan fingerprint density at radius 3 is 2.50 bits per heavy atom. The molecule has 0 N–H and O–H groups in total. The van der Waals surface area contributed by atoms with E-state index in [-0.39, 0.29) is 24.5 Å². The number of fused-ring (bicyclic) bond motifs is 1. The lowest BCUT2D eigenvalue weighted by atomic mass is 10.1. The molecular formula is C20H20ClN3O2S2. The third-order valence-electron chi connectivity index (χ3n) is 4.84. The smallest absolute Gasteiger partial charge is 0.223 e. The van der Waals surface area contributed by atoms with Crippen LogP contribution >= 0.6 is 34.3 Å². The van der Waals surface area contributed by atoms with Crippen LogP contribution in [0.2, 0.25) is 4.34 Å². The Hall–Kier alpha value is -1.80. The molecule has 1 fully saturated rings. The van der Waals surface area contributed by atoms with Gasteiger partial charge in [-0.15, -0.1) is 22.7 Å². The highest BCUT2D eigenvalue weighted by Crippen LogP contribution is 2.24. The summed E-state index contributed by atoms with van der Waals surface area (Å²) in [5, 5.41) is 1.11. The van der Waals surface area contributed by atoms with Crippen LogP contribution in [0, 0.1) is 0 Å². The van der Waals surface area contributed by atoms with Crippen LogP contribution in [0.3, 0.4) is 0 Å². The molecule has 0 aliphatic carbocycles. The van der Waals surface area contributed by atoms with Gasteiger partial charge in [0, 0.05) is 39.0 Å². The predicted octanol–water partition coefficient (Wildman–Crippen LogP) is 4.32. The van der Waals surface area contributed by atoms with Crippen molar-refractivity contribution in [3.05, 3.63) is 50.6 Å². The van der Waals surface area contributed by atoms with Gasteiger partial charge in [-0.05, 0) is 24.3 Å². The van der Waals surface area contributed by atoms with E-state index in [9.17, 15) is 9.59 Å². The lowest BCUT2D eigenvalue weighted by molar-refractivity contribution is -0.132. The molecule has 1 saturated heterocycles. The molecule has 4 rings (SSSR count). The summed E-state index contributed by atoms with van der Waals surface area (Å²) >= 11 is 8.86. The summed E-state index contributed by atoms with van der Waals surface area (Å²) in [4.78, 5) is 34.1. The Morgan fingerprint density at radius 1 is 1.00 bits per heavy atom. The van der Waals surface area contributed by atoms with Gasteiger partial charge in [-0.2, -0.15) is 0 Å². The summed E-state index contributed by atoms with van der Waals surface area (Å²) in [6.07, 6.45) is 0.494. The van der Waals surface area contributed by atoms with Gasteiger partial charge in [0.05, 0.1) is 26.0 Å². The zero-order valence-corrected chi connectivity index (χ0v) is 17.7. The van der Waals surface area contributed by atoms with Gasteiger partial charge in [-0.25, -0.2) is 4.98 Å². The fourth-order valence-corrected chi connectivity index (χ4v) is 5.32. The first-order chi connectivity index (χ1) is 13.6. The summed E-state index contributed by atoms with van der Waals surface area (Å²) < 4.78 is 1.81. The molecule has 0 unspecified atom stereocenters. The van der Waals surface area contributed by atoms with Crippen molar-refractivity contribution in [1.82, 2.24) is 14.8 Å². The van der Waals surface area contributed by atoms with E-state index in [0.29, 0.717) is 22.3 Å². The van der Waals surface area contributed by atoms with Crippen molar-refractivity contribution in [3.8, 4) is 0 Å². The summed E-state index contributed by atoms with van der Waals surface area (Å²) in [6, 6.07) is 11.6. The van der Waals surface area contributed by atoms with Crippen LogP contribution in [0.15, 0.2) is 36.4 Å². The lowest BCUT2D eigenvalue weighted by Gasteiger charge is -2.34. The third-order valence-corrected chi connectivity index (χ3v) is 7.13. The molecule has 8 heteroatoms. The second-order valence-corrected chi connectivity index (χ2v) is 9.59. The maximum Gasteiger partial charge on any atom is 0.223 e. The Kier molecular flexibility index (Phi) is 6.06. The molecular weight excluding hydrogens is 414 g/mol. The minimum atomic E-state index is -0.0141. The minimum absolute atomic E-state index is 0.0141. The molecule has 1 aliphatic rings. The van der Waals surface area contributed by atoms with E-state index in [0.717, 1.165) is 30.2 Å². The van der Waals surface area contributed by atoms with Crippen LogP contribution < -0.4 is 0 Å². The van der Waals surface area contributed by atoms with Crippen LogP contribution in [0.5, 0.6) is 0 Å². The van der Waals surface area contributed by atoms with Gasteiger partial charge in [-0.3, -0.25) is 14.5 Å². The van der Waals surface area contributed by atoms with Gasteiger partial charge in [0.15, 0.2) is 5.78 Å². The quantitative estimate of drug-likeness (QED) is 0.543. The fourth-order valence-electron chi connectivity index (χ4n) is 3.30.